The van der Waals surface area contributed by atoms with Crippen LogP contribution in [-0.4, -0.2) is 12.0 Å². The predicted molar refractivity (Wildman–Crippen MR) is 69.8 cm³/mol. The van der Waals surface area contributed by atoms with Gasteiger partial charge in [0.25, 0.3) is 0 Å². The van der Waals surface area contributed by atoms with Crippen LogP contribution in [-0.2, 0) is 4.79 Å². The van der Waals surface area contributed by atoms with Gasteiger partial charge in [0.2, 0.25) is 0 Å². The highest BCUT2D eigenvalue weighted by Crippen LogP contribution is 2.23. The second-order valence-corrected chi connectivity index (χ2v) is 4.95. The lowest BCUT2D eigenvalue weighted by Crippen LogP contribution is -2.09. The first-order valence-corrected chi connectivity index (χ1v) is 5.76. The zero-order valence-electron chi connectivity index (χ0n) is 10.9. The van der Waals surface area contributed by atoms with Crippen molar-refractivity contribution in [2.75, 3.05) is 0 Å². The summed E-state index contributed by atoms with van der Waals surface area (Å²) in [7, 11) is 0. The van der Waals surface area contributed by atoms with Crippen LogP contribution >= 0.6 is 0 Å². The van der Waals surface area contributed by atoms with E-state index in [9.17, 15) is 9.18 Å². The Bertz CT molecular complexity index is 439. The molecule has 2 heteroatoms. The van der Waals surface area contributed by atoms with Crippen LogP contribution in [0.15, 0.2) is 24.3 Å². The molecule has 0 aliphatic rings. The maximum Gasteiger partial charge on any atom is 0.150 e. The van der Waals surface area contributed by atoms with Crippen LogP contribution in [0.5, 0.6) is 0 Å². The van der Waals surface area contributed by atoms with Crippen LogP contribution in [0.2, 0.25) is 0 Å². The van der Waals surface area contributed by atoms with Crippen LogP contribution in [0.3, 0.4) is 0 Å². The summed E-state index contributed by atoms with van der Waals surface area (Å²) in [5.41, 5.74) is 2.38. The molecule has 1 nitrogen and oxygen atoms in total. The van der Waals surface area contributed by atoms with Crippen molar-refractivity contribution in [2.45, 2.75) is 39.8 Å². The molecule has 0 spiro atoms. The van der Waals surface area contributed by atoms with Crippen molar-refractivity contribution in [1.29, 1.82) is 0 Å². The Morgan fingerprint density at radius 1 is 1.35 bits per heavy atom. The van der Waals surface area contributed by atoms with E-state index in [0.29, 0.717) is 5.57 Å². The van der Waals surface area contributed by atoms with E-state index < -0.39 is 5.67 Å². The van der Waals surface area contributed by atoms with Crippen molar-refractivity contribution in [3.8, 4) is 0 Å². The topological polar surface area (TPSA) is 17.1 Å². The Labute approximate surface area is 102 Å². The number of hydrogen-bond donors (Lipinski definition) is 0. The molecule has 0 saturated heterocycles. The van der Waals surface area contributed by atoms with Crippen LogP contribution in [0, 0.1) is 13.8 Å². The standard InChI is InChI=1S/C15H19FO/c1-11-6-5-7-14(12(11)2)13(10-17)8-9-15(3,4)16/h5-8,10H,9H2,1-4H3/b13-8+. The van der Waals surface area contributed by atoms with Crippen molar-refractivity contribution in [2.24, 2.45) is 0 Å². The average Bonchev–Trinajstić information content (AvgIpc) is 2.23. The number of benzene rings is 1. The first-order valence-electron chi connectivity index (χ1n) is 5.76. The molecule has 92 valence electrons. The summed E-state index contributed by atoms with van der Waals surface area (Å²) in [6, 6.07) is 5.81. The lowest BCUT2D eigenvalue weighted by molar-refractivity contribution is -0.103. The van der Waals surface area contributed by atoms with Crippen LogP contribution in [0.25, 0.3) is 5.57 Å². The Kier molecular flexibility index (Phi) is 4.22. The van der Waals surface area contributed by atoms with Gasteiger partial charge >= 0.3 is 0 Å². The van der Waals surface area contributed by atoms with E-state index in [4.69, 9.17) is 0 Å². The van der Waals surface area contributed by atoms with Gasteiger partial charge < -0.3 is 0 Å². The third kappa shape index (κ3) is 3.81. The fourth-order valence-electron chi connectivity index (χ4n) is 1.64. The third-order valence-corrected chi connectivity index (χ3v) is 2.85. The number of hydrogen-bond acceptors (Lipinski definition) is 1. The van der Waals surface area contributed by atoms with Gasteiger partial charge in [0, 0.05) is 5.57 Å². The van der Waals surface area contributed by atoms with Gasteiger partial charge in [-0.15, -0.1) is 0 Å². The average molecular weight is 234 g/mol. The van der Waals surface area contributed by atoms with Gasteiger partial charge in [0.1, 0.15) is 12.0 Å². The number of halogens is 1. The maximum atomic E-state index is 13.4. The van der Waals surface area contributed by atoms with Gasteiger partial charge in [0.15, 0.2) is 0 Å². The molecular weight excluding hydrogens is 215 g/mol. The van der Waals surface area contributed by atoms with Crippen molar-refractivity contribution in [3.63, 3.8) is 0 Å². The Morgan fingerprint density at radius 3 is 2.53 bits per heavy atom. The summed E-state index contributed by atoms with van der Waals surface area (Å²) in [5, 5.41) is 0. The molecule has 0 aliphatic heterocycles. The van der Waals surface area contributed by atoms with Crippen LogP contribution in [0.4, 0.5) is 4.39 Å². The highest BCUT2D eigenvalue weighted by atomic mass is 19.1. The second-order valence-electron chi connectivity index (χ2n) is 4.95. The van der Waals surface area contributed by atoms with Crippen LogP contribution < -0.4 is 0 Å². The Morgan fingerprint density at radius 2 is 2.00 bits per heavy atom. The smallest absolute Gasteiger partial charge is 0.150 e. The molecule has 0 fully saturated rings. The number of carbonyl (C=O) groups excluding carboxylic acids is 1. The van der Waals surface area contributed by atoms with Gasteiger partial charge in [0.05, 0.1) is 0 Å². The molecule has 0 aliphatic carbocycles. The maximum absolute atomic E-state index is 13.4. The molecule has 0 heterocycles. The van der Waals surface area contributed by atoms with Gasteiger partial charge in [-0.2, -0.15) is 0 Å². The van der Waals surface area contributed by atoms with Crippen molar-refractivity contribution in [3.05, 3.63) is 41.0 Å². The number of rotatable bonds is 4. The quantitative estimate of drug-likeness (QED) is 0.568. The van der Waals surface area contributed by atoms with Gasteiger partial charge in [-0.1, -0.05) is 24.3 Å². The molecule has 1 aromatic carbocycles. The summed E-state index contributed by atoms with van der Waals surface area (Å²) in [6.45, 7) is 6.99. The summed E-state index contributed by atoms with van der Waals surface area (Å²) in [5.74, 6) is 0. The number of aldehydes is 1. The minimum absolute atomic E-state index is 0.244. The fraction of sp³-hybridized carbons (Fsp3) is 0.400. The minimum atomic E-state index is -1.29. The molecule has 0 aromatic heterocycles. The lowest BCUT2D eigenvalue weighted by Gasteiger charge is -2.12. The van der Waals surface area contributed by atoms with E-state index >= 15 is 0 Å². The molecule has 0 unspecified atom stereocenters. The monoisotopic (exact) mass is 234 g/mol. The zero-order valence-corrected chi connectivity index (χ0v) is 10.9. The summed E-state index contributed by atoms with van der Waals surface area (Å²) >= 11 is 0. The van der Waals surface area contributed by atoms with E-state index in [1.807, 2.05) is 32.0 Å². The van der Waals surface area contributed by atoms with E-state index in [1.165, 1.54) is 13.8 Å². The van der Waals surface area contributed by atoms with Gasteiger partial charge in [-0.25, -0.2) is 4.39 Å². The van der Waals surface area contributed by atoms with Gasteiger partial charge in [-0.3, -0.25) is 4.79 Å². The number of allylic oxidation sites excluding steroid dienone is 2. The van der Waals surface area contributed by atoms with E-state index in [0.717, 1.165) is 23.0 Å². The highest BCUT2D eigenvalue weighted by Gasteiger charge is 2.14. The molecule has 0 radical (unpaired) electrons. The lowest BCUT2D eigenvalue weighted by atomic mass is 9.95. The molecule has 0 N–H and O–H groups in total. The molecule has 1 aromatic rings. The van der Waals surface area contributed by atoms with Crippen molar-refractivity contribution >= 4 is 11.9 Å². The largest absolute Gasteiger partial charge is 0.298 e. The summed E-state index contributed by atoms with van der Waals surface area (Å²) < 4.78 is 13.4. The molecule has 0 atom stereocenters. The predicted octanol–water partition coefficient (Wildman–Crippen LogP) is 4.02. The Hall–Kier alpha value is -1.44. The Balaban J connectivity index is 3.10. The van der Waals surface area contributed by atoms with Crippen molar-refractivity contribution in [1.82, 2.24) is 0 Å². The molecule has 17 heavy (non-hydrogen) atoms. The van der Waals surface area contributed by atoms with Crippen LogP contribution in [0.1, 0.15) is 37.0 Å². The minimum Gasteiger partial charge on any atom is -0.298 e. The number of alkyl halides is 1. The molecular formula is C15H19FO. The van der Waals surface area contributed by atoms with Gasteiger partial charge in [-0.05, 0) is 50.8 Å². The molecule has 1 rings (SSSR count). The van der Waals surface area contributed by atoms with E-state index in [-0.39, 0.29) is 6.42 Å². The molecule has 0 saturated carbocycles. The summed E-state index contributed by atoms with van der Waals surface area (Å²) in [6.07, 6.45) is 2.72. The SMILES string of the molecule is Cc1cccc(/C(C=O)=C/CC(C)(C)F)c1C. The summed E-state index contributed by atoms with van der Waals surface area (Å²) in [4.78, 5) is 11.1. The third-order valence-electron chi connectivity index (χ3n) is 2.85. The second kappa shape index (κ2) is 5.26. The zero-order chi connectivity index (χ0) is 13.1. The van der Waals surface area contributed by atoms with E-state index in [2.05, 4.69) is 0 Å². The first-order chi connectivity index (χ1) is 7.85. The van der Waals surface area contributed by atoms with Crippen molar-refractivity contribution < 1.29 is 9.18 Å². The number of aryl methyl sites for hydroxylation is 1. The first kappa shape index (κ1) is 13.6. The highest BCUT2D eigenvalue weighted by molar-refractivity contribution is 6.07. The fourth-order valence-corrected chi connectivity index (χ4v) is 1.64. The number of carbonyl (C=O) groups is 1. The normalized spacial score (nSPS) is 12.6. The molecule has 0 bridgehead atoms. The van der Waals surface area contributed by atoms with E-state index in [1.54, 1.807) is 6.08 Å². The molecule has 0 amide bonds.